The van der Waals surface area contributed by atoms with E-state index < -0.39 is 11.9 Å². The summed E-state index contributed by atoms with van der Waals surface area (Å²) in [5, 5.41) is 2.54. The molecule has 0 aromatic heterocycles. The van der Waals surface area contributed by atoms with Gasteiger partial charge in [-0.3, -0.25) is 9.59 Å². The van der Waals surface area contributed by atoms with Gasteiger partial charge in [-0.05, 0) is 40.3 Å². The zero-order chi connectivity index (χ0) is 13.5. The smallest absolute Gasteiger partial charge is 0.246 e. The first kappa shape index (κ1) is 14.9. The van der Waals surface area contributed by atoms with Crippen LogP contribution in [-0.4, -0.2) is 31.6 Å². The van der Waals surface area contributed by atoms with Crippen LogP contribution in [0.25, 0.3) is 0 Å². The number of nitrogens with two attached hydrogens (primary N) is 1. The average Bonchev–Trinajstić information content (AvgIpc) is 2.31. The number of amides is 2. The van der Waals surface area contributed by atoms with Crippen LogP contribution >= 0.6 is 22.6 Å². The van der Waals surface area contributed by atoms with Crippen molar-refractivity contribution in [2.45, 2.75) is 12.5 Å². The van der Waals surface area contributed by atoms with E-state index in [1.165, 1.54) is 7.11 Å². The highest BCUT2D eigenvalue weighted by molar-refractivity contribution is 14.1. The average molecular weight is 362 g/mol. The van der Waals surface area contributed by atoms with Crippen molar-refractivity contribution in [2.75, 3.05) is 13.7 Å². The maximum atomic E-state index is 11.4. The molecule has 0 unspecified atom stereocenters. The molecule has 0 heterocycles. The lowest BCUT2D eigenvalue weighted by Gasteiger charge is -2.15. The monoisotopic (exact) mass is 362 g/mol. The molecule has 0 aliphatic rings. The molecule has 5 nitrogen and oxygen atoms in total. The normalized spacial score (nSPS) is 11.9. The van der Waals surface area contributed by atoms with Gasteiger partial charge in [0, 0.05) is 17.1 Å². The largest absolute Gasteiger partial charge is 0.375 e. The highest BCUT2D eigenvalue weighted by atomic mass is 127. The summed E-state index contributed by atoms with van der Waals surface area (Å²) < 4.78 is 5.79. The molecule has 2 amide bonds. The zero-order valence-electron chi connectivity index (χ0n) is 9.98. The number of primary amides is 1. The van der Waals surface area contributed by atoms with Gasteiger partial charge >= 0.3 is 0 Å². The van der Waals surface area contributed by atoms with E-state index in [4.69, 9.17) is 5.73 Å². The van der Waals surface area contributed by atoms with Gasteiger partial charge in [-0.15, -0.1) is 0 Å². The Hall–Kier alpha value is -1.15. The number of carbonyl (C=O) groups is 2. The van der Waals surface area contributed by atoms with Crippen LogP contribution in [0.5, 0.6) is 0 Å². The molecule has 98 valence electrons. The van der Waals surface area contributed by atoms with Gasteiger partial charge in [0.25, 0.3) is 0 Å². The first-order valence-electron chi connectivity index (χ1n) is 5.35. The Morgan fingerprint density at radius 2 is 2.00 bits per heavy atom. The standard InChI is InChI=1S/C12H15IN2O3/c1-18-7-11(16)15-10(12(14)17)6-8-2-4-9(13)5-3-8/h2-5,10H,6-7H2,1H3,(H2,14,17)(H,15,16)/t10-/m0/s1. The molecule has 0 aliphatic heterocycles. The predicted molar refractivity (Wildman–Crippen MR) is 75.9 cm³/mol. The first-order chi connectivity index (χ1) is 8.52. The number of ether oxygens (including phenoxy) is 1. The maximum Gasteiger partial charge on any atom is 0.246 e. The molecule has 0 radical (unpaired) electrons. The van der Waals surface area contributed by atoms with Gasteiger partial charge in [-0.2, -0.15) is 0 Å². The SMILES string of the molecule is COCC(=O)N[C@@H](Cc1ccc(I)cc1)C(N)=O. The summed E-state index contributed by atoms with van der Waals surface area (Å²) in [6.07, 6.45) is 0.377. The Labute approximate surface area is 119 Å². The molecule has 1 atom stereocenters. The van der Waals surface area contributed by atoms with E-state index in [1.54, 1.807) is 0 Å². The predicted octanol–water partition coefficient (Wildman–Crippen LogP) is 0.450. The molecule has 0 saturated heterocycles. The molecule has 0 spiro atoms. The lowest BCUT2D eigenvalue weighted by molar-refractivity contribution is -0.129. The highest BCUT2D eigenvalue weighted by Gasteiger charge is 2.18. The van der Waals surface area contributed by atoms with Crippen molar-refractivity contribution in [1.29, 1.82) is 0 Å². The van der Waals surface area contributed by atoms with Crippen LogP contribution in [0, 0.1) is 3.57 Å². The van der Waals surface area contributed by atoms with E-state index in [2.05, 4.69) is 32.6 Å². The summed E-state index contributed by atoms with van der Waals surface area (Å²) in [5.74, 6) is -0.912. The van der Waals surface area contributed by atoms with Gasteiger partial charge in [0.1, 0.15) is 12.6 Å². The van der Waals surface area contributed by atoms with Crippen LogP contribution in [0.2, 0.25) is 0 Å². The van der Waals surface area contributed by atoms with Crippen LogP contribution in [0.15, 0.2) is 24.3 Å². The Balaban J connectivity index is 2.65. The Morgan fingerprint density at radius 1 is 1.39 bits per heavy atom. The molecule has 18 heavy (non-hydrogen) atoms. The molecule has 1 aromatic carbocycles. The van der Waals surface area contributed by atoms with E-state index in [0.717, 1.165) is 9.13 Å². The van der Waals surface area contributed by atoms with Crippen molar-refractivity contribution in [3.8, 4) is 0 Å². The number of halogens is 1. The number of methoxy groups -OCH3 is 1. The first-order valence-corrected chi connectivity index (χ1v) is 6.43. The fourth-order valence-corrected chi connectivity index (χ4v) is 1.81. The Bertz CT molecular complexity index is 420. The molecule has 3 N–H and O–H groups in total. The molecular formula is C12H15IN2O3. The van der Waals surface area contributed by atoms with Gasteiger partial charge < -0.3 is 15.8 Å². The van der Waals surface area contributed by atoms with Gasteiger partial charge in [-0.25, -0.2) is 0 Å². The van der Waals surface area contributed by atoms with Gasteiger partial charge in [-0.1, -0.05) is 12.1 Å². The molecular weight excluding hydrogens is 347 g/mol. The van der Waals surface area contributed by atoms with Gasteiger partial charge in [0.2, 0.25) is 11.8 Å². The Morgan fingerprint density at radius 3 is 2.50 bits per heavy atom. The number of rotatable bonds is 6. The third-order valence-electron chi connectivity index (χ3n) is 2.31. The minimum Gasteiger partial charge on any atom is -0.375 e. The molecule has 6 heteroatoms. The lowest BCUT2D eigenvalue weighted by atomic mass is 10.1. The van der Waals surface area contributed by atoms with Crippen molar-refractivity contribution in [1.82, 2.24) is 5.32 Å². The van der Waals surface area contributed by atoms with Crippen molar-refractivity contribution >= 4 is 34.4 Å². The fourth-order valence-electron chi connectivity index (χ4n) is 1.45. The molecule has 0 aliphatic carbocycles. The van der Waals surface area contributed by atoms with Crippen LogP contribution in [0.3, 0.4) is 0 Å². The number of nitrogens with one attached hydrogen (secondary N) is 1. The van der Waals surface area contributed by atoms with Crippen molar-refractivity contribution in [2.24, 2.45) is 5.73 Å². The van der Waals surface area contributed by atoms with Crippen LogP contribution in [-0.2, 0) is 20.7 Å². The van der Waals surface area contributed by atoms with E-state index in [9.17, 15) is 9.59 Å². The van der Waals surface area contributed by atoms with Crippen molar-refractivity contribution in [3.63, 3.8) is 0 Å². The zero-order valence-corrected chi connectivity index (χ0v) is 12.1. The van der Waals surface area contributed by atoms with Crippen LogP contribution in [0.4, 0.5) is 0 Å². The van der Waals surface area contributed by atoms with E-state index in [-0.39, 0.29) is 12.5 Å². The van der Waals surface area contributed by atoms with E-state index in [0.29, 0.717) is 6.42 Å². The number of benzene rings is 1. The minimum atomic E-state index is -0.715. The lowest BCUT2D eigenvalue weighted by Crippen LogP contribution is -2.46. The molecule has 1 aromatic rings. The van der Waals surface area contributed by atoms with Crippen molar-refractivity contribution < 1.29 is 14.3 Å². The quantitative estimate of drug-likeness (QED) is 0.721. The fraction of sp³-hybridized carbons (Fsp3) is 0.333. The molecule has 1 rings (SSSR count). The summed E-state index contributed by atoms with van der Waals surface area (Å²) in [5.41, 5.74) is 6.20. The second kappa shape index (κ2) is 7.32. The summed E-state index contributed by atoms with van der Waals surface area (Å²) in [6.45, 7) is -0.0868. The van der Waals surface area contributed by atoms with E-state index in [1.807, 2.05) is 24.3 Å². The third-order valence-corrected chi connectivity index (χ3v) is 3.03. The van der Waals surface area contributed by atoms with Crippen molar-refractivity contribution in [3.05, 3.63) is 33.4 Å². The molecule has 0 bridgehead atoms. The summed E-state index contributed by atoms with van der Waals surface area (Å²) in [6, 6.07) is 6.96. The van der Waals surface area contributed by atoms with E-state index >= 15 is 0 Å². The highest BCUT2D eigenvalue weighted by Crippen LogP contribution is 2.08. The van der Waals surface area contributed by atoms with Gasteiger partial charge in [0.05, 0.1) is 0 Å². The van der Waals surface area contributed by atoms with Crippen LogP contribution in [0.1, 0.15) is 5.56 Å². The second-order valence-corrected chi connectivity index (χ2v) is 5.03. The summed E-state index contributed by atoms with van der Waals surface area (Å²) in [7, 11) is 1.41. The summed E-state index contributed by atoms with van der Waals surface area (Å²) >= 11 is 2.20. The maximum absolute atomic E-state index is 11.4. The molecule has 0 saturated carbocycles. The number of hydrogen-bond donors (Lipinski definition) is 2. The third kappa shape index (κ3) is 5.01. The van der Waals surface area contributed by atoms with Gasteiger partial charge in [0.15, 0.2) is 0 Å². The number of hydrogen-bond acceptors (Lipinski definition) is 3. The Kier molecular flexibility index (Phi) is 6.06. The second-order valence-electron chi connectivity index (χ2n) is 3.79. The number of carbonyl (C=O) groups excluding carboxylic acids is 2. The van der Waals surface area contributed by atoms with Crippen LogP contribution < -0.4 is 11.1 Å². The summed E-state index contributed by atoms with van der Waals surface area (Å²) in [4.78, 5) is 22.6. The molecule has 0 fully saturated rings. The minimum absolute atomic E-state index is 0.0868. The topological polar surface area (TPSA) is 81.4 Å².